The number of carbonyl (C=O) groups excluding carboxylic acids is 1. The van der Waals surface area contributed by atoms with Crippen LogP contribution in [0.3, 0.4) is 0 Å². The van der Waals surface area contributed by atoms with Gasteiger partial charge in [0.25, 0.3) is 5.91 Å². The third kappa shape index (κ3) is 4.21. The van der Waals surface area contributed by atoms with Crippen LogP contribution in [0.15, 0.2) is 12.3 Å². The lowest BCUT2D eigenvalue weighted by molar-refractivity contribution is 0.0285. The van der Waals surface area contributed by atoms with Crippen LogP contribution in [0.4, 0.5) is 4.39 Å². The Hall–Kier alpha value is -1.24. The fourth-order valence-corrected chi connectivity index (χ4v) is 1.47. The van der Waals surface area contributed by atoms with Gasteiger partial charge < -0.3 is 14.8 Å². The highest BCUT2D eigenvalue weighted by molar-refractivity contribution is 6.32. The molecule has 5 nitrogen and oxygen atoms in total. The van der Waals surface area contributed by atoms with Gasteiger partial charge in [0.1, 0.15) is 11.0 Å². The second kappa shape index (κ2) is 7.25. The Bertz CT molecular complexity index is 417. The highest BCUT2D eigenvalue weighted by atomic mass is 35.5. The molecule has 0 aromatic carbocycles. The van der Waals surface area contributed by atoms with Crippen molar-refractivity contribution in [2.45, 2.75) is 6.10 Å². The molecule has 0 saturated heterocycles. The van der Waals surface area contributed by atoms with E-state index in [0.717, 1.165) is 12.3 Å². The summed E-state index contributed by atoms with van der Waals surface area (Å²) >= 11 is 5.71. The van der Waals surface area contributed by atoms with Gasteiger partial charge in [-0.05, 0) is 6.07 Å². The Labute approximate surface area is 109 Å². The number of amides is 1. The molecule has 1 N–H and O–H groups in total. The Morgan fingerprint density at radius 1 is 1.61 bits per heavy atom. The molecule has 0 fully saturated rings. The van der Waals surface area contributed by atoms with Gasteiger partial charge in [0.05, 0.1) is 24.5 Å². The fourth-order valence-electron chi connectivity index (χ4n) is 1.28. The molecular formula is C11H14ClFN2O3. The highest BCUT2D eigenvalue weighted by Gasteiger charge is 2.14. The van der Waals surface area contributed by atoms with Crippen LogP contribution < -0.4 is 5.32 Å². The number of pyridine rings is 1. The van der Waals surface area contributed by atoms with Gasteiger partial charge in [0.15, 0.2) is 0 Å². The molecule has 1 unspecified atom stereocenters. The van der Waals surface area contributed by atoms with E-state index in [2.05, 4.69) is 10.3 Å². The third-order valence-corrected chi connectivity index (χ3v) is 2.53. The smallest absolute Gasteiger partial charge is 0.254 e. The molecule has 100 valence electrons. The first kappa shape index (κ1) is 14.8. The summed E-state index contributed by atoms with van der Waals surface area (Å²) < 4.78 is 22.9. The summed E-state index contributed by atoms with van der Waals surface area (Å²) in [6, 6.07) is 1.03. The molecule has 0 spiro atoms. The molecule has 1 amide bonds. The zero-order valence-corrected chi connectivity index (χ0v) is 10.8. The third-order valence-electron chi connectivity index (χ3n) is 2.23. The maximum Gasteiger partial charge on any atom is 0.254 e. The summed E-state index contributed by atoms with van der Waals surface area (Å²) in [6.07, 6.45) is 0.668. The van der Waals surface area contributed by atoms with Gasteiger partial charge in [-0.3, -0.25) is 4.79 Å². The van der Waals surface area contributed by atoms with Gasteiger partial charge in [0, 0.05) is 20.8 Å². The number of aromatic nitrogens is 1. The monoisotopic (exact) mass is 276 g/mol. The second-order valence-corrected chi connectivity index (χ2v) is 3.87. The van der Waals surface area contributed by atoms with Crippen LogP contribution in [0.25, 0.3) is 0 Å². The standard InChI is InChI=1S/C11H14ClFN2O3/c1-17-6-8(18-2)5-15-11(16)9-3-7(13)4-14-10(9)12/h3-4,8H,5-6H2,1-2H3,(H,15,16). The van der Waals surface area contributed by atoms with Crippen molar-refractivity contribution >= 4 is 17.5 Å². The van der Waals surface area contributed by atoms with Crippen molar-refractivity contribution in [3.63, 3.8) is 0 Å². The molecular weight excluding hydrogens is 263 g/mol. The summed E-state index contributed by atoms with van der Waals surface area (Å²) in [5.74, 6) is -1.13. The molecule has 1 rings (SSSR count). The van der Waals surface area contributed by atoms with E-state index in [4.69, 9.17) is 21.1 Å². The summed E-state index contributed by atoms with van der Waals surface area (Å²) in [5.41, 5.74) is -0.0102. The lowest BCUT2D eigenvalue weighted by Gasteiger charge is -2.15. The molecule has 1 aromatic rings. The van der Waals surface area contributed by atoms with E-state index in [1.54, 1.807) is 0 Å². The Kier molecular flexibility index (Phi) is 5.97. The minimum absolute atomic E-state index is 0.0102. The van der Waals surface area contributed by atoms with Crippen LogP contribution in [-0.2, 0) is 9.47 Å². The first-order chi connectivity index (χ1) is 8.58. The lowest BCUT2D eigenvalue weighted by Crippen LogP contribution is -2.35. The van der Waals surface area contributed by atoms with Crippen molar-refractivity contribution in [1.29, 1.82) is 0 Å². The number of carbonyl (C=O) groups is 1. The van der Waals surface area contributed by atoms with Crippen LogP contribution >= 0.6 is 11.6 Å². The van der Waals surface area contributed by atoms with Gasteiger partial charge in [-0.25, -0.2) is 9.37 Å². The average molecular weight is 277 g/mol. The minimum atomic E-state index is -0.621. The second-order valence-electron chi connectivity index (χ2n) is 3.51. The first-order valence-electron chi connectivity index (χ1n) is 5.19. The normalized spacial score (nSPS) is 12.2. The Morgan fingerprint density at radius 3 is 2.94 bits per heavy atom. The van der Waals surface area contributed by atoms with E-state index in [1.165, 1.54) is 14.2 Å². The zero-order chi connectivity index (χ0) is 13.5. The van der Waals surface area contributed by atoms with Gasteiger partial charge >= 0.3 is 0 Å². The number of hydrogen-bond donors (Lipinski definition) is 1. The average Bonchev–Trinajstić information content (AvgIpc) is 2.37. The van der Waals surface area contributed by atoms with E-state index < -0.39 is 11.7 Å². The molecule has 0 bridgehead atoms. The molecule has 0 aliphatic rings. The number of ether oxygens (including phenoxy) is 2. The predicted octanol–water partition coefficient (Wildman–Crippen LogP) is 1.27. The number of nitrogens with one attached hydrogen (secondary N) is 1. The highest BCUT2D eigenvalue weighted by Crippen LogP contribution is 2.13. The Balaban J connectivity index is 2.62. The minimum Gasteiger partial charge on any atom is -0.382 e. The van der Waals surface area contributed by atoms with E-state index in [9.17, 15) is 9.18 Å². The number of nitrogens with zero attached hydrogens (tertiary/aromatic N) is 1. The van der Waals surface area contributed by atoms with Crippen molar-refractivity contribution in [1.82, 2.24) is 10.3 Å². The molecule has 0 aliphatic heterocycles. The first-order valence-corrected chi connectivity index (χ1v) is 5.57. The molecule has 1 atom stereocenters. The predicted molar refractivity (Wildman–Crippen MR) is 64.2 cm³/mol. The molecule has 18 heavy (non-hydrogen) atoms. The van der Waals surface area contributed by atoms with Gasteiger partial charge in [-0.15, -0.1) is 0 Å². The Morgan fingerprint density at radius 2 is 2.33 bits per heavy atom. The van der Waals surface area contributed by atoms with E-state index in [0.29, 0.717) is 6.61 Å². The number of hydrogen-bond acceptors (Lipinski definition) is 4. The number of halogens is 2. The number of rotatable bonds is 6. The van der Waals surface area contributed by atoms with Crippen molar-refractivity contribution in [3.05, 3.63) is 28.8 Å². The van der Waals surface area contributed by atoms with Crippen molar-refractivity contribution < 1.29 is 18.7 Å². The summed E-state index contributed by atoms with van der Waals surface area (Å²) in [4.78, 5) is 15.3. The lowest BCUT2D eigenvalue weighted by atomic mass is 10.2. The van der Waals surface area contributed by atoms with Crippen LogP contribution in [0.5, 0.6) is 0 Å². The van der Waals surface area contributed by atoms with Gasteiger partial charge in [0.2, 0.25) is 0 Å². The van der Waals surface area contributed by atoms with Crippen molar-refractivity contribution in [2.24, 2.45) is 0 Å². The maximum atomic E-state index is 12.9. The largest absolute Gasteiger partial charge is 0.382 e. The van der Waals surface area contributed by atoms with Crippen LogP contribution in [0.1, 0.15) is 10.4 Å². The van der Waals surface area contributed by atoms with Crippen LogP contribution in [0.2, 0.25) is 5.15 Å². The van der Waals surface area contributed by atoms with Crippen LogP contribution in [-0.4, -0.2) is 44.4 Å². The summed E-state index contributed by atoms with van der Waals surface area (Å²) in [5, 5.41) is 2.52. The van der Waals surface area contributed by atoms with E-state index in [1.807, 2.05) is 0 Å². The summed E-state index contributed by atoms with van der Waals surface area (Å²) in [6.45, 7) is 0.571. The fraction of sp³-hybridized carbons (Fsp3) is 0.455. The summed E-state index contributed by atoms with van der Waals surface area (Å²) in [7, 11) is 3.04. The molecule has 0 aliphatic carbocycles. The van der Waals surface area contributed by atoms with E-state index >= 15 is 0 Å². The van der Waals surface area contributed by atoms with Crippen LogP contribution in [0, 0.1) is 5.82 Å². The van der Waals surface area contributed by atoms with Gasteiger partial charge in [-0.1, -0.05) is 11.6 Å². The molecule has 0 radical (unpaired) electrons. The molecule has 1 aromatic heterocycles. The van der Waals surface area contributed by atoms with Crippen molar-refractivity contribution in [3.8, 4) is 0 Å². The van der Waals surface area contributed by atoms with Gasteiger partial charge in [-0.2, -0.15) is 0 Å². The molecule has 1 heterocycles. The van der Waals surface area contributed by atoms with Crippen molar-refractivity contribution in [2.75, 3.05) is 27.4 Å². The number of methoxy groups -OCH3 is 2. The maximum absolute atomic E-state index is 12.9. The SMILES string of the molecule is COCC(CNC(=O)c1cc(F)cnc1Cl)OC. The van der Waals surface area contributed by atoms with E-state index in [-0.39, 0.29) is 23.4 Å². The molecule has 0 saturated carbocycles. The molecule has 7 heteroatoms. The zero-order valence-electron chi connectivity index (χ0n) is 10.1. The quantitative estimate of drug-likeness (QED) is 0.795. The topological polar surface area (TPSA) is 60.5 Å².